The van der Waals surface area contributed by atoms with Crippen molar-refractivity contribution in [2.45, 2.75) is 26.0 Å². The second kappa shape index (κ2) is 9.89. The number of hydrogen-bond donors (Lipinski definition) is 1. The number of esters is 1. The summed E-state index contributed by atoms with van der Waals surface area (Å²) in [5.74, 6) is -0.386. The van der Waals surface area contributed by atoms with E-state index in [0.29, 0.717) is 5.75 Å². The van der Waals surface area contributed by atoms with Crippen molar-refractivity contribution in [2.24, 2.45) is 0 Å². The molecular formula is C23H23NO4S. The zero-order valence-corrected chi connectivity index (χ0v) is 17.1. The Morgan fingerprint density at radius 3 is 2.38 bits per heavy atom. The SMILES string of the molecule is Cc1ccc(OC(C)C(=O)OCC(=O)NC(c2ccccc2)c2cccs2)cc1. The fourth-order valence-corrected chi connectivity index (χ4v) is 3.55. The Morgan fingerprint density at radius 2 is 1.72 bits per heavy atom. The first-order chi connectivity index (χ1) is 14.0. The smallest absolute Gasteiger partial charge is 0.347 e. The fourth-order valence-electron chi connectivity index (χ4n) is 2.75. The first-order valence-electron chi connectivity index (χ1n) is 9.30. The maximum atomic E-state index is 12.4. The van der Waals surface area contributed by atoms with E-state index in [-0.39, 0.29) is 18.6 Å². The third-order valence-electron chi connectivity index (χ3n) is 4.28. The molecule has 150 valence electrons. The second-order valence-electron chi connectivity index (χ2n) is 6.61. The number of ether oxygens (including phenoxy) is 2. The van der Waals surface area contributed by atoms with Crippen LogP contribution in [-0.4, -0.2) is 24.6 Å². The lowest BCUT2D eigenvalue weighted by Gasteiger charge is -2.19. The number of carbonyl (C=O) groups is 2. The lowest BCUT2D eigenvalue weighted by atomic mass is 10.1. The van der Waals surface area contributed by atoms with E-state index < -0.39 is 12.1 Å². The molecule has 2 atom stereocenters. The summed E-state index contributed by atoms with van der Waals surface area (Å²) in [6.45, 7) is 3.20. The van der Waals surface area contributed by atoms with Crippen LogP contribution in [0.1, 0.15) is 29.0 Å². The van der Waals surface area contributed by atoms with Gasteiger partial charge in [-0.3, -0.25) is 4.79 Å². The summed E-state index contributed by atoms with van der Waals surface area (Å²) in [6, 6.07) is 20.7. The Kier molecular flexibility index (Phi) is 7.03. The highest BCUT2D eigenvalue weighted by Gasteiger charge is 2.21. The summed E-state index contributed by atoms with van der Waals surface area (Å²) in [7, 11) is 0. The molecule has 0 radical (unpaired) electrons. The summed E-state index contributed by atoms with van der Waals surface area (Å²) in [4.78, 5) is 25.6. The molecular weight excluding hydrogens is 386 g/mol. The van der Waals surface area contributed by atoms with Crippen LogP contribution in [0.2, 0.25) is 0 Å². The van der Waals surface area contributed by atoms with Gasteiger partial charge in [-0.05, 0) is 43.0 Å². The first kappa shape index (κ1) is 20.6. The second-order valence-corrected chi connectivity index (χ2v) is 7.59. The normalized spacial score (nSPS) is 12.6. The van der Waals surface area contributed by atoms with Crippen LogP contribution in [-0.2, 0) is 14.3 Å². The molecule has 3 rings (SSSR count). The van der Waals surface area contributed by atoms with Crippen LogP contribution in [0.4, 0.5) is 0 Å². The van der Waals surface area contributed by atoms with Crippen molar-refractivity contribution in [2.75, 3.05) is 6.61 Å². The van der Waals surface area contributed by atoms with Gasteiger partial charge in [0, 0.05) is 4.88 Å². The molecule has 1 aromatic heterocycles. The maximum Gasteiger partial charge on any atom is 0.347 e. The highest BCUT2D eigenvalue weighted by Crippen LogP contribution is 2.25. The molecule has 0 saturated carbocycles. The minimum absolute atomic E-state index is 0.288. The number of amides is 1. The van der Waals surface area contributed by atoms with Crippen molar-refractivity contribution in [3.8, 4) is 5.75 Å². The van der Waals surface area contributed by atoms with E-state index in [1.54, 1.807) is 30.4 Å². The third kappa shape index (κ3) is 5.93. The maximum absolute atomic E-state index is 12.4. The van der Waals surface area contributed by atoms with Gasteiger partial charge in [0.05, 0.1) is 6.04 Å². The molecule has 1 amide bonds. The Hall–Kier alpha value is -3.12. The standard InChI is InChI=1S/C23H23NO4S/c1-16-10-12-19(13-11-16)28-17(2)23(26)27-15-21(25)24-22(20-9-6-14-29-20)18-7-4-3-5-8-18/h3-14,17,22H,15H2,1-2H3,(H,24,25). The Balaban J connectivity index is 1.55. The van der Waals surface area contributed by atoms with Gasteiger partial charge in [-0.1, -0.05) is 54.1 Å². The number of carbonyl (C=O) groups excluding carboxylic acids is 2. The Bertz CT molecular complexity index is 923. The van der Waals surface area contributed by atoms with Crippen LogP contribution in [0.3, 0.4) is 0 Å². The predicted molar refractivity (Wildman–Crippen MR) is 113 cm³/mol. The molecule has 0 aliphatic heterocycles. The minimum atomic E-state index is -0.812. The average molecular weight is 410 g/mol. The number of nitrogens with one attached hydrogen (secondary N) is 1. The van der Waals surface area contributed by atoms with Crippen LogP contribution < -0.4 is 10.1 Å². The predicted octanol–water partition coefficient (Wildman–Crippen LogP) is 4.27. The van der Waals surface area contributed by atoms with E-state index in [2.05, 4.69) is 5.32 Å². The molecule has 2 aromatic carbocycles. The van der Waals surface area contributed by atoms with Crippen molar-refractivity contribution >= 4 is 23.2 Å². The Morgan fingerprint density at radius 1 is 1.00 bits per heavy atom. The number of thiophene rings is 1. The Labute approximate surface area is 174 Å². The molecule has 1 heterocycles. The van der Waals surface area contributed by atoms with Gasteiger partial charge in [0.15, 0.2) is 12.7 Å². The molecule has 3 aromatic rings. The molecule has 1 N–H and O–H groups in total. The van der Waals surface area contributed by atoms with Gasteiger partial charge >= 0.3 is 5.97 Å². The number of benzene rings is 2. The summed E-state index contributed by atoms with van der Waals surface area (Å²) >= 11 is 1.56. The summed E-state index contributed by atoms with van der Waals surface area (Å²) in [5.41, 5.74) is 2.06. The van der Waals surface area contributed by atoms with Gasteiger partial charge in [0.1, 0.15) is 5.75 Å². The van der Waals surface area contributed by atoms with E-state index >= 15 is 0 Å². The van der Waals surface area contributed by atoms with Gasteiger partial charge in [0.25, 0.3) is 5.91 Å². The van der Waals surface area contributed by atoms with E-state index in [0.717, 1.165) is 16.0 Å². The number of aryl methyl sites for hydroxylation is 1. The summed E-state index contributed by atoms with van der Waals surface area (Å²) < 4.78 is 10.7. The van der Waals surface area contributed by atoms with Crippen LogP contribution >= 0.6 is 11.3 Å². The highest BCUT2D eigenvalue weighted by atomic mass is 32.1. The van der Waals surface area contributed by atoms with E-state index in [4.69, 9.17) is 9.47 Å². The molecule has 0 aliphatic carbocycles. The summed E-state index contributed by atoms with van der Waals surface area (Å²) in [5, 5.41) is 4.90. The average Bonchev–Trinajstić information content (AvgIpc) is 3.27. The molecule has 0 aliphatic rings. The summed E-state index contributed by atoms with van der Waals surface area (Å²) in [6.07, 6.45) is -0.812. The third-order valence-corrected chi connectivity index (χ3v) is 5.21. The largest absolute Gasteiger partial charge is 0.479 e. The molecule has 0 saturated heterocycles. The monoisotopic (exact) mass is 409 g/mol. The lowest BCUT2D eigenvalue weighted by molar-refractivity contribution is -0.154. The zero-order chi connectivity index (χ0) is 20.6. The van der Waals surface area contributed by atoms with Crippen molar-refractivity contribution in [1.29, 1.82) is 0 Å². The molecule has 29 heavy (non-hydrogen) atoms. The van der Waals surface area contributed by atoms with Crippen LogP contribution in [0.15, 0.2) is 72.1 Å². The number of hydrogen-bond acceptors (Lipinski definition) is 5. The molecule has 0 bridgehead atoms. The molecule has 6 heteroatoms. The zero-order valence-electron chi connectivity index (χ0n) is 16.3. The van der Waals surface area contributed by atoms with E-state index in [9.17, 15) is 9.59 Å². The van der Waals surface area contributed by atoms with Crippen molar-refractivity contribution in [3.63, 3.8) is 0 Å². The van der Waals surface area contributed by atoms with Crippen LogP contribution in [0, 0.1) is 6.92 Å². The highest BCUT2D eigenvalue weighted by molar-refractivity contribution is 7.10. The molecule has 5 nitrogen and oxygen atoms in total. The quantitative estimate of drug-likeness (QED) is 0.564. The van der Waals surface area contributed by atoms with Gasteiger partial charge in [-0.15, -0.1) is 11.3 Å². The van der Waals surface area contributed by atoms with Gasteiger partial charge in [-0.25, -0.2) is 4.79 Å². The number of rotatable bonds is 8. The fraction of sp³-hybridized carbons (Fsp3) is 0.217. The lowest BCUT2D eigenvalue weighted by Crippen LogP contribution is -2.35. The van der Waals surface area contributed by atoms with Gasteiger partial charge < -0.3 is 14.8 Å². The van der Waals surface area contributed by atoms with Crippen LogP contribution in [0.25, 0.3) is 0 Å². The first-order valence-corrected chi connectivity index (χ1v) is 10.2. The molecule has 0 fully saturated rings. The van der Waals surface area contributed by atoms with Crippen molar-refractivity contribution in [1.82, 2.24) is 5.32 Å². The molecule has 0 spiro atoms. The minimum Gasteiger partial charge on any atom is -0.479 e. The van der Waals surface area contributed by atoms with E-state index in [1.807, 2.05) is 66.9 Å². The van der Waals surface area contributed by atoms with Crippen molar-refractivity contribution in [3.05, 3.63) is 88.1 Å². The molecule has 2 unspecified atom stereocenters. The van der Waals surface area contributed by atoms with E-state index in [1.165, 1.54) is 0 Å². The van der Waals surface area contributed by atoms with Crippen molar-refractivity contribution < 1.29 is 19.1 Å². The van der Waals surface area contributed by atoms with Gasteiger partial charge in [-0.2, -0.15) is 0 Å². The van der Waals surface area contributed by atoms with Gasteiger partial charge in [0.2, 0.25) is 0 Å². The topological polar surface area (TPSA) is 64.6 Å². The van der Waals surface area contributed by atoms with Crippen LogP contribution in [0.5, 0.6) is 5.75 Å².